The summed E-state index contributed by atoms with van der Waals surface area (Å²) in [5, 5.41) is 10.1. The first-order valence-electron chi connectivity index (χ1n) is 7.47. The third kappa shape index (κ3) is 5.84. The lowest BCUT2D eigenvalue weighted by atomic mass is 10.2. The topological polar surface area (TPSA) is 126 Å². The van der Waals surface area contributed by atoms with Crippen LogP contribution < -0.4 is 16.2 Å². The number of rotatable bonds is 5. The van der Waals surface area contributed by atoms with Gasteiger partial charge in [0.25, 0.3) is 5.22 Å². The lowest BCUT2D eigenvalue weighted by Crippen LogP contribution is -2.50. The molecule has 0 aliphatic rings. The number of nitrogens with zero attached hydrogens (tertiary/aromatic N) is 2. The van der Waals surface area contributed by atoms with Crippen LogP contribution in [-0.2, 0) is 14.4 Å². The number of carbonyl (C=O) groups excluding carboxylic acids is 3. The van der Waals surface area contributed by atoms with E-state index in [0.29, 0.717) is 5.56 Å². The Labute approximate surface area is 152 Å². The number of halogens is 1. The van der Waals surface area contributed by atoms with Crippen LogP contribution in [0, 0.1) is 5.82 Å². The summed E-state index contributed by atoms with van der Waals surface area (Å²) in [5.74, 6) is -2.73. The van der Waals surface area contributed by atoms with E-state index in [4.69, 9.17) is 4.42 Å². The third-order valence-corrected chi connectivity index (χ3v) is 3.58. The van der Waals surface area contributed by atoms with Crippen molar-refractivity contribution in [3.05, 3.63) is 30.1 Å². The van der Waals surface area contributed by atoms with Crippen LogP contribution in [0.4, 0.5) is 4.39 Å². The monoisotopic (exact) mass is 381 g/mol. The second kappa shape index (κ2) is 8.94. The Balaban J connectivity index is 1.78. The zero-order chi connectivity index (χ0) is 19.1. The minimum absolute atomic E-state index is 0.128. The predicted molar refractivity (Wildman–Crippen MR) is 90.0 cm³/mol. The predicted octanol–water partition coefficient (Wildman–Crippen LogP) is 0.640. The Morgan fingerprint density at radius 1 is 1.12 bits per heavy atom. The highest BCUT2D eigenvalue weighted by atomic mass is 32.2. The van der Waals surface area contributed by atoms with Gasteiger partial charge in [-0.1, -0.05) is 11.8 Å². The summed E-state index contributed by atoms with van der Waals surface area (Å²) in [6, 6.07) is 5.30. The molecule has 0 saturated heterocycles. The summed E-state index contributed by atoms with van der Waals surface area (Å²) in [6.07, 6.45) is 0. The standard InChI is InChI=1S/C15H16FN5O4S/c1-8(2)17-12(23)13(24)19-18-11(22)7-26-15-21-20-14(25-15)9-3-5-10(16)6-4-9/h3-6,8H,7H2,1-2H3,(H,17,23)(H,18,22)(H,19,24). The largest absolute Gasteiger partial charge is 0.411 e. The molecule has 0 aliphatic heterocycles. The van der Waals surface area contributed by atoms with Crippen molar-refractivity contribution in [2.24, 2.45) is 0 Å². The van der Waals surface area contributed by atoms with Crippen LogP contribution in [0.2, 0.25) is 0 Å². The maximum Gasteiger partial charge on any atom is 0.327 e. The van der Waals surface area contributed by atoms with E-state index in [2.05, 4.69) is 20.9 Å². The summed E-state index contributed by atoms with van der Waals surface area (Å²) in [6.45, 7) is 3.40. The van der Waals surface area contributed by atoms with Crippen LogP contribution in [0.1, 0.15) is 13.8 Å². The number of hydrazine groups is 1. The molecule has 0 radical (unpaired) electrons. The van der Waals surface area contributed by atoms with E-state index in [0.717, 1.165) is 11.8 Å². The van der Waals surface area contributed by atoms with Crippen molar-refractivity contribution in [3.63, 3.8) is 0 Å². The molecule has 1 heterocycles. The van der Waals surface area contributed by atoms with Crippen LogP contribution in [0.5, 0.6) is 0 Å². The molecule has 26 heavy (non-hydrogen) atoms. The minimum atomic E-state index is -0.978. The quantitative estimate of drug-likeness (QED) is 0.394. The van der Waals surface area contributed by atoms with E-state index in [-0.39, 0.29) is 28.7 Å². The maximum atomic E-state index is 12.9. The van der Waals surface area contributed by atoms with Crippen molar-refractivity contribution in [2.75, 3.05) is 5.75 Å². The van der Waals surface area contributed by atoms with Crippen LogP contribution in [0.15, 0.2) is 33.9 Å². The molecule has 2 rings (SSSR count). The van der Waals surface area contributed by atoms with E-state index < -0.39 is 17.7 Å². The van der Waals surface area contributed by atoms with E-state index in [1.807, 2.05) is 5.43 Å². The molecule has 11 heteroatoms. The molecule has 1 aromatic carbocycles. The summed E-state index contributed by atoms with van der Waals surface area (Å²) in [5.41, 5.74) is 4.63. The van der Waals surface area contributed by atoms with Crippen molar-refractivity contribution in [2.45, 2.75) is 25.1 Å². The van der Waals surface area contributed by atoms with Crippen LogP contribution in [-0.4, -0.2) is 39.7 Å². The van der Waals surface area contributed by atoms with Gasteiger partial charge in [0.1, 0.15) is 5.82 Å². The van der Waals surface area contributed by atoms with Crippen LogP contribution in [0.3, 0.4) is 0 Å². The summed E-state index contributed by atoms with van der Waals surface area (Å²) in [4.78, 5) is 34.5. The average molecular weight is 381 g/mol. The van der Waals surface area contributed by atoms with Gasteiger partial charge in [-0.2, -0.15) is 0 Å². The van der Waals surface area contributed by atoms with Gasteiger partial charge in [0, 0.05) is 11.6 Å². The van der Waals surface area contributed by atoms with E-state index >= 15 is 0 Å². The molecular formula is C15H16FN5O4S. The lowest BCUT2D eigenvalue weighted by molar-refractivity contribution is -0.141. The summed E-state index contributed by atoms with van der Waals surface area (Å²) >= 11 is 0.940. The molecule has 138 valence electrons. The molecule has 0 spiro atoms. The Morgan fingerprint density at radius 3 is 2.46 bits per heavy atom. The highest BCUT2D eigenvalue weighted by Gasteiger charge is 2.16. The molecule has 0 fully saturated rings. The highest BCUT2D eigenvalue weighted by molar-refractivity contribution is 7.99. The summed E-state index contributed by atoms with van der Waals surface area (Å²) in [7, 11) is 0. The van der Waals surface area contributed by atoms with Gasteiger partial charge in [-0.25, -0.2) is 4.39 Å². The van der Waals surface area contributed by atoms with Crippen molar-refractivity contribution in [1.29, 1.82) is 0 Å². The van der Waals surface area contributed by atoms with Gasteiger partial charge in [-0.15, -0.1) is 10.2 Å². The van der Waals surface area contributed by atoms with E-state index in [1.165, 1.54) is 24.3 Å². The fourth-order valence-corrected chi connectivity index (χ4v) is 2.21. The van der Waals surface area contributed by atoms with E-state index in [9.17, 15) is 18.8 Å². The Kier molecular flexibility index (Phi) is 6.67. The van der Waals surface area contributed by atoms with Crippen molar-refractivity contribution in [1.82, 2.24) is 26.4 Å². The molecule has 0 saturated carbocycles. The number of hydrogen-bond donors (Lipinski definition) is 3. The number of benzene rings is 1. The molecule has 3 N–H and O–H groups in total. The molecule has 1 aromatic heterocycles. The van der Waals surface area contributed by atoms with Gasteiger partial charge in [0.15, 0.2) is 0 Å². The van der Waals surface area contributed by atoms with Crippen LogP contribution >= 0.6 is 11.8 Å². The summed E-state index contributed by atoms with van der Waals surface area (Å²) < 4.78 is 18.2. The zero-order valence-corrected chi connectivity index (χ0v) is 14.7. The maximum absolute atomic E-state index is 12.9. The van der Waals surface area contributed by atoms with Gasteiger partial charge in [-0.3, -0.25) is 25.2 Å². The first-order valence-corrected chi connectivity index (χ1v) is 8.45. The Bertz CT molecular complexity index is 794. The molecular weight excluding hydrogens is 365 g/mol. The molecule has 3 amide bonds. The number of carbonyl (C=O) groups is 3. The van der Waals surface area contributed by atoms with E-state index in [1.54, 1.807) is 13.8 Å². The third-order valence-electron chi connectivity index (χ3n) is 2.77. The second-order valence-corrected chi connectivity index (χ2v) is 6.23. The molecule has 9 nitrogen and oxygen atoms in total. The number of hydrogen-bond acceptors (Lipinski definition) is 7. The van der Waals surface area contributed by atoms with Crippen molar-refractivity contribution in [3.8, 4) is 11.5 Å². The minimum Gasteiger partial charge on any atom is -0.411 e. The number of nitrogens with one attached hydrogen (secondary N) is 3. The first-order chi connectivity index (χ1) is 12.3. The van der Waals surface area contributed by atoms with Gasteiger partial charge in [0.2, 0.25) is 11.8 Å². The van der Waals surface area contributed by atoms with Gasteiger partial charge in [-0.05, 0) is 38.1 Å². The van der Waals surface area contributed by atoms with Crippen molar-refractivity contribution < 1.29 is 23.2 Å². The van der Waals surface area contributed by atoms with Crippen LogP contribution in [0.25, 0.3) is 11.5 Å². The zero-order valence-electron chi connectivity index (χ0n) is 13.9. The number of thioether (sulfide) groups is 1. The molecule has 0 aliphatic carbocycles. The van der Waals surface area contributed by atoms with Crippen molar-refractivity contribution >= 4 is 29.5 Å². The fourth-order valence-electron chi connectivity index (χ4n) is 1.65. The molecule has 0 unspecified atom stereocenters. The number of amides is 3. The fraction of sp³-hybridized carbons (Fsp3) is 0.267. The smallest absolute Gasteiger partial charge is 0.327 e. The molecule has 2 aromatic rings. The first kappa shape index (κ1) is 19.4. The highest BCUT2D eigenvalue weighted by Crippen LogP contribution is 2.23. The van der Waals surface area contributed by atoms with Gasteiger partial charge >= 0.3 is 11.8 Å². The van der Waals surface area contributed by atoms with Gasteiger partial charge in [0.05, 0.1) is 5.75 Å². The lowest BCUT2D eigenvalue weighted by Gasteiger charge is -2.09. The average Bonchev–Trinajstić information content (AvgIpc) is 3.06. The number of aromatic nitrogens is 2. The Morgan fingerprint density at radius 2 is 1.81 bits per heavy atom. The normalized spacial score (nSPS) is 10.5. The molecule has 0 bridgehead atoms. The second-order valence-electron chi connectivity index (χ2n) is 5.30. The Hall–Kier alpha value is -2.95. The SMILES string of the molecule is CC(C)NC(=O)C(=O)NNC(=O)CSc1nnc(-c2ccc(F)cc2)o1. The molecule has 0 atom stereocenters. The van der Waals surface area contributed by atoms with Gasteiger partial charge < -0.3 is 9.73 Å².